The summed E-state index contributed by atoms with van der Waals surface area (Å²) in [7, 11) is 0. The number of halogens is 2. The molecule has 1 aliphatic rings. The molecule has 0 spiro atoms. The number of Topliss-reactive ketones (excluding diaryl/α,β-unsaturated/α-hetero) is 1. The van der Waals surface area contributed by atoms with Crippen molar-refractivity contribution in [3.05, 3.63) is 50.7 Å². The molecule has 2 aromatic rings. The van der Waals surface area contributed by atoms with Crippen molar-refractivity contribution in [1.82, 2.24) is 5.16 Å². The van der Waals surface area contributed by atoms with E-state index in [1.54, 1.807) is 18.2 Å². The molecule has 0 bridgehead atoms. The van der Waals surface area contributed by atoms with Crippen LogP contribution in [0.25, 0.3) is 0 Å². The zero-order valence-corrected chi connectivity index (χ0v) is 15.8. The molecule has 1 atom stereocenters. The van der Waals surface area contributed by atoms with Gasteiger partial charge in [-0.2, -0.15) is 0 Å². The number of aromatic nitrogens is 1. The van der Waals surface area contributed by atoms with Crippen molar-refractivity contribution >= 4 is 28.4 Å². The van der Waals surface area contributed by atoms with Crippen LogP contribution in [0.5, 0.6) is 0 Å². The smallest absolute Gasteiger partial charge is 0.185 e. The van der Waals surface area contributed by atoms with E-state index >= 15 is 0 Å². The van der Waals surface area contributed by atoms with E-state index in [9.17, 15) is 9.18 Å². The molecule has 5 nitrogen and oxygen atoms in total. The van der Waals surface area contributed by atoms with Crippen molar-refractivity contribution in [2.24, 2.45) is 5.92 Å². The number of carbonyl (C=O) groups excluding carboxylic acids is 1. The van der Waals surface area contributed by atoms with Gasteiger partial charge in [0.15, 0.2) is 17.2 Å². The van der Waals surface area contributed by atoms with Crippen LogP contribution in [-0.4, -0.2) is 24.2 Å². The molecule has 0 saturated carbocycles. The highest BCUT2D eigenvalue weighted by molar-refractivity contribution is 14.1. The second kappa shape index (κ2) is 8.86. The summed E-state index contributed by atoms with van der Waals surface area (Å²) in [6.07, 6.45) is 2.26. The van der Waals surface area contributed by atoms with Crippen molar-refractivity contribution in [3.63, 3.8) is 0 Å². The predicted molar refractivity (Wildman–Crippen MR) is 96.6 cm³/mol. The number of carbonyl (C=O) groups is 1. The molecule has 1 aromatic heterocycles. The fourth-order valence-electron chi connectivity index (χ4n) is 2.71. The fraction of sp³-hybridized carbons (Fsp3) is 0.444. The van der Waals surface area contributed by atoms with Gasteiger partial charge in [-0.25, -0.2) is 4.39 Å². The lowest BCUT2D eigenvalue weighted by molar-refractivity contribution is 0.0855. The first-order chi connectivity index (χ1) is 12.1. The molecule has 134 valence electrons. The van der Waals surface area contributed by atoms with Crippen LogP contribution in [0.3, 0.4) is 0 Å². The lowest BCUT2D eigenvalue weighted by Crippen LogP contribution is -2.07. The SMILES string of the molecule is O=C(CCC1CCOC1)c1noc(COCc2ccccc2F)c1I. The molecule has 1 saturated heterocycles. The first-order valence-corrected chi connectivity index (χ1v) is 9.29. The van der Waals surface area contributed by atoms with E-state index in [-0.39, 0.29) is 24.8 Å². The maximum Gasteiger partial charge on any atom is 0.185 e. The predicted octanol–water partition coefficient (Wildman–Crippen LogP) is 4.13. The minimum absolute atomic E-state index is 0.0274. The Morgan fingerprint density at radius 1 is 1.36 bits per heavy atom. The van der Waals surface area contributed by atoms with Gasteiger partial charge in [-0.05, 0) is 47.4 Å². The molecule has 2 heterocycles. The number of nitrogens with zero attached hydrogens (tertiary/aromatic N) is 1. The van der Waals surface area contributed by atoms with E-state index < -0.39 is 0 Å². The molecule has 25 heavy (non-hydrogen) atoms. The Labute approximate surface area is 159 Å². The zero-order chi connectivity index (χ0) is 17.6. The second-order valence-corrected chi connectivity index (χ2v) is 7.12. The van der Waals surface area contributed by atoms with Crippen LogP contribution in [0.15, 0.2) is 28.8 Å². The van der Waals surface area contributed by atoms with Gasteiger partial charge in [0.25, 0.3) is 0 Å². The third-order valence-corrected chi connectivity index (χ3v) is 5.33. The van der Waals surface area contributed by atoms with E-state index in [1.165, 1.54) is 6.07 Å². The Bertz CT molecular complexity index is 728. The average Bonchev–Trinajstić information content (AvgIpc) is 3.25. The highest BCUT2D eigenvalue weighted by atomic mass is 127. The van der Waals surface area contributed by atoms with Crippen LogP contribution in [0.1, 0.15) is 41.1 Å². The van der Waals surface area contributed by atoms with Gasteiger partial charge in [0, 0.05) is 25.2 Å². The summed E-state index contributed by atoms with van der Waals surface area (Å²) >= 11 is 2.04. The van der Waals surface area contributed by atoms with Crippen molar-refractivity contribution < 1.29 is 23.2 Å². The maximum atomic E-state index is 13.5. The van der Waals surface area contributed by atoms with Crippen LogP contribution < -0.4 is 0 Å². The normalized spacial score (nSPS) is 17.1. The van der Waals surface area contributed by atoms with Crippen molar-refractivity contribution in [2.45, 2.75) is 32.5 Å². The number of ketones is 1. The highest BCUT2D eigenvalue weighted by Gasteiger charge is 2.22. The molecule has 0 aliphatic carbocycles. The summed E-state index contributed by atoms with van der Waals surface area (Å²) in [4.78, 5) is 12.3. The molecule has 0 amide bonds. The Balaban J connectivity index is 1.51. The largest absolute Gasteiger partial charge is 0.381 e. The summed E-state index contributed by atoms with van der Waals surface area (Å²) < 4.78 is 30.3. The Hall–Kier alpha value is -1.32. The molecule has 1 aromatic carbocycles. The molecule has 0 N–H and O–H groups in total. The maximum absolute atomic E-state index is 13.5. The van der Waals surface area contributed by atoms with E-state index in [4.69, 9.17) is 14.0 Å². The summed E-state index contributed by atoms with van der Waals surface area (Å²) in [5.41, 5.74) is 0.830. The highest BCUT2D eigenvalue weighted by Crippen LogP contribution is 2.23. The van der Waals surface area contributed by atoms with E-state index in [0.29, 0.717) is 32.9 Å². The van der Waals surface area contributed by atoms with Crippen molar-refractivity contribution in [2.75, 3.05) is 13.2 Å². The topological polar surface area (TPSA) is 61.6 Å². The van der Waals surface area contributed by atoms with E-state index in [2.05, 4.69) is 5.16 Å². The van der Waals surface area contributed by atoms with E-state index in [0.717, 1.165) is 26.1 Å². The van der Waals surface area contributed by atoms with Crippen LogP contribution >= 0.6 is 22.6 Å². The van der Waals surface area contributed by atoms with Gasteiger partial charge in [0.2, 0.25) is 0 Å². The minimum atomic E-state index is -0.304. The van der Waals surface area contributed by atoms with Gasteiger partial charge >= 0.3 is 0 Å². The minimum Gasteiger partial charge on any atom is -0.381 e. The van der Waals surface area contributed by atoms with Gasteiger partial charge in [-0.1, -0.05) is 23.4 Å². The van der Waals surface area contributed by atoms with Crippen LogP contribution in [0, 0.1) is 15.3 Å². The van der Waals surface area contributed by atoms with Crippen molar-refractivity contribution in [3.8, 4) is 0 Å². The summed E-state index contributed by atoms with van der Waals surface area (Å²) in [6, 6.07) is 6.45. The monoisotopic (exact) mass is 459 g/mol. The van der Waals surface area contributed by atoms with Crippen LogP contribution in [0.4, 0.5) is 4.39 Å². The molecular formula is C18H19FINO4. The molecule has 3 rings (SSSR count). The molecule has 7 heteroatoms. The second-order valence-electron chi connectivity index (χ2n) is 6.04. The Morgan fingerprint density at radius 2 is 2.20 bits per heavy atom. The number of hydrogen-bond acceptors (Lipinski definition) is 5. The van der Waals surface area contributed by atoms with Gasteiger partial charge < -0.3 is 14.0 Å². The van der Waals surface area contributed by atoms with Crippen LogP contribution in [0.2, 0.25) is 0 Å². The fourth-order valence-corrected chi connectivity index (χ4v) is 3.36. The number of benzene rings is 1. The molecular weight excluding hydrogens is 440 g/mol. The lowest BCUT2D eigenvalue weighted by atomic mass is 10.00. The third-order valence-electron chi connectivity index (χ3n) is 4.22. The van der Waals surface area contributed by atoms with Crippen molar-refractivity contribution in [1.29, 1.82) is 0 Å². The Kier molecular flexibility index (Phi) is 6.55. The zero-order valence-electron chi connectivity index (χ0n) is 13.7. The Morgan fingerprint density at radius 3 is 2.96 bits per heavy atom. The summed E-state index contributed by atoms with van der Waals surface area (Å²) in [5, 5.41) is 3.89. The number of rotatable bonds is 8. The van der Waals surface area contributed by atoms with Crippen LogP contribution in [-0.2, 0) is 22.7 Å². The first kappa shape index (κ1) is 18.5. The van der Waals surface area contributed by atoms with Gasteiger partial charge in [0.05, 0.1) is 10.2 Å². The molecule has 1 aliphatic heterocycles. The van der Waals surface area contributed by atoms with E-state index in [1.807, 2.05) is 22.6 Å². The van der Waals surface area contributed by atoms with Gasteiger partial charge in [0.1, 0.15) is 12.4 Å². The molecule has 1 unspecified atom stereocenters. The molecule has 0 radical (unpaired) electrons. The first-order valence-electron chi connectivity index (χ1n) is 8.21. The quantitative estimate of drug-likeness (QED) is 0.439. The third kappa shape index (κ3) is 4.86. The lowest BCUT2D eigenvalue weighted by Gasteiger charge is -2.05. The summed E-state index contributed by atoms with van der Waals surface area (Å²) in [6.45, 7) is 1.79. The number of ether oxygens (including phenoxy) is 2. The number of hydrogen-bond donors (Lipinski definition) is 0. The standard InChI is InChI=1S/C18H19FINO4/c19-14-4-2-1-3-13(14)10-24-11-16-17(20)18(21-25-16)15(22)6-5-12-7-8-23-9-12/h1-4,12H,5-11H2. The van der Waals surface area contributed by atoms with Gasteiger partial charge in [-0.15, -0.1) is 0 Å². The molecule has 1 fully saturated rings. The average molecular weight is 459 g/mol. The van der Waals surface area contributed by atoms with Gasteiger partial charge in [-0.3, -0.25) is 4.79 Å². The summed E-state index contributed by atoms with van der Waals surface area (Å²) in [5.74, 6) is 0.614.